The fraction of sp³-hybridized carbons (Fsp3) is 0.200. The first kappa shape index (κ1) is 17.5. The third kappa shape index (κ3) is 4.22. The lowest BCUT2D eigenvalue weighted by Gasteiger charge is -2.10. The summed E-state index contributed by atoms with van der Waals surface area (Å²) in [4.78, 5) is 26.9. The summed E-state index contributed by atoms with van der Waals surface area (Å²) in [6.45, 7) is 0.240. The van der Waals surface area contributed by atoms with Crippen LogP contribution in [0.15, 0.2) is 59.4 Å². The number of aromatic nitrogens is 1. The summed E-state index contributed by atoms with van der Waals surface area (Å²) in [5, 5.41) is 3.72. The summed E-state index contributed by atoms with van der Waals surface area (Å²) < 4.78 is 10.6. The molecular formula is C20H20N2O4. The maximum atomic E-state index is 12.1. The number of nitrogens with one attached hydrogen (secondary N) is 2. The molecule has 6 heteroatoms. The van der Waals surface area contributed by atoms with E-state index in [9.17, 15) is 9.59 Å². The number of carbonyl (C=O) groups excluding carboxylic acids is 1. The summed E-state index contributed by atoms with van der Waals surface area (Å²) in [6.07, 6.45) is 0.445. The number of amides is 1. The van der Waals surface area contributed by atoms with E-state index in [0.29, 0.717) is 30.0 Å². The standard InChI is InChI=1S/C20H20N2O4/c1-25-17-8-4-5-9-18(17)26-13-19(23)21-11-10-15-12-14-6-2-3-7-16(14)22-20(15)24/h2-9,12H,10-11,13H2,1H3,(H,21,23)(H,22,24). The average molecular weight is 352 g/mol. The topological polar surface area (TPSA) is 80.4 Å². The van der Waals surface area contributed by atoms with E-state index >= 15 is 0 Å². The van der Waals surface area contributed by atoms with Gasteiger partial charge in [0.15, 0.2) is 18.1 Å². The number of hydrogen-bond acceptors (Lipinski definition) is 4. The molecule has 0 saturated carbocycles. The van der Waals surface area contributed by atoms with Crippen LogP contribution in [0.2, 0.25) is 0 Å². The Morgan fingerprint density at radius 1 is 1.08 bits per heavy atom. The molecule has 0 unspecified atom stereocenters. The second-order valence-electron chi connectivity index (χ2n) is 5.75. The number of pyridine rings is 1. The molecule has 1 aromatic heterocycles. The van der Waals surface area contributed by atoms with Crippen LogP contribution in [0, 0.1) is 0 Å². The Morgan fingerprint density at radius 2 is 1.81 bits per heavy atom. The minimum Gasteiger partial charge on any atom is -0.493 e. The SMILES string of the molecule is COc1ccccc1OCC(=O)NCCc1cc2ccccc2[nH]c1=O. The van der Waals surface area contributed by atoms with Crippen molar-refractivity contribution in [2.45, 2.75) is 6.42 Å². The van der Waals surface area contributed by atoms with Crippen LogP contribution >= 0.6 is 0 Å². The molecule has 0 aliphatic heterocycles. The Kier molecular flexibility index (Phi) is 5.53. The number of hydrogen-bond donors (Lipinski definition) is 2. The van der Waals surface area contributed by atoms with Gasteiger partial charge in [-0.15, -0.1) is 0 Å². The predicted octanol–water partition coefficient (Wildman–Crippen LogP) is 2.27. The molecular weight excluding hydrogens is 332 g/mol. The normalized spacial score (nSPS) is 10.5. The van der Waals surface area contributed by atoms with Gasteiger partial charge in [0.05, 0.1) is 7.11 Å². The van der Waals surface area contributed by atoms with E-state index < -0.39 is 0 Å². The molecule has 0 radical (unpaired) electrons. The van der Waals surface area contributed by atoms with Gasteiger partial charge in [-0.25, -0.2) is 0 Å². The van der Waals surface area contributed by atoms with Crippen LogP contribution in [-0.2, 0) is 11.2 Å². The first-order valence-electron chi connectivity index (χ1n) is 8.31. The highest BCUT2D eigenvalue weighted by Gasteiger charge is 2.08. The molecule has 0 aliphatic carbocycles. The van der Waals surface area contributed by atoms with Crippen molar-refractivity contribution in [3.8, 4) is 11.5 Å². The van der Waals surface area contributed by atoms with Crippen LogP contribution in [0.1, 0.15) is 5.56 Å². The maximum absolute atomic E-state index is 12.1. The zero-order valence-corrected chi connectivity index (χ0v) is 14.5. The van der Waals surface area contributed by atoms with E-state index in [-0.39, 0.29) is 18.1 Å². The predicted molar refractivity (Wildman–Crippen MR) is 99.8 cm³/mol. The fourth-order valence-corrected chi connectivity index (χ4v) is 2.65. The minimum atomic E-state index is -0.256. The van der Waals surface area contributed by atoms with Crippen molar-refractivity contribution in [1.29, 1.82) is 0 Å². The highest BCUT2D eigenvalue weighted by molar-refractivity contribution is 5.79. The van der Waals surface area contributed by atoms with Gasteiger partial charge in [-0.05, 0) is 36.1 Å². The van der Waals surface area contributed by atoms with E-state index in [2.05, 4.69) is 10.3 Å². The molecule has 1 amide bonds. The number of fused-ring (bicyclic) bond motifs is 1. The van der Waals surface area contributed by atoms with Gasteiger partial charge in [0.2, 0.25) is 0 Å². The van der Waals surface area contributed by atoms with E-state index in [4.69, 9.17) is 9.47 Å². The van der Waals surface area contributed by atoms with Crippen LogP contribution in [0.5, 0.6) is 11.5 Å². The molecule has 3 rings (SSSR count). The summed E-state index contributed by atoms with van der Waals surface area (Å²) >= 11 is 0. The second kappa shape index (κ2) is 8.20. The third-order valence-electron chi connectivity index (χ3n) is 3.97. The van der Waals surface area contributed by atoms with E-state index in [1.54, 1.807) is 19.2 Å². The lowest BCUT2D eigenvalue weighted by Crippen LogP contribution is -2.31. The highest BCUT2D eigenvalue weighted by atomic mass is 16.5. The van der Waals surface area contributed by atoms with E-state index in [1.165, 1.54) is 0 Å². The van der Waals surface area contributed by atoms with Gasteiger partial charge in [0, 0.05) is 17.6 Å². The average Bonchev–Trinajstić information content (AvgIpc) is 2.67. The van der Waals surface area contributed by atoms with Gasteiger partial charge < -0.3 is 19.8 Å². The van der Waals surface area contributed by atoms with Gasteiger partial charge in [-0.1, -0.05) is 30.3 Å². The van der Waals surface area contributed by atoms with Crippen molar-refractivity contribution in [3.05, 3.63) is 70.5 Å². The van der Waals surface area contributed by atoms with Gasteiger partial charge in [0.25, 0.3) is 11.5 Å². The number of aromatic amines is 1. The Labute approximate surface area is 150 Å². The van der Waals surface area contributed by atoms with Crippen molar-refractivity contribution < 1.29 is 14.3 Å². The number of rotatable bonds is 7. The first-order chi connectivity index (χ1) is 12.7. The molecule has 0 atom stereocenters. The Balaban J connectivity index is 1.52. The van der Waals surface area contributed by atoms with Gasteiger partial charge in [-0.3, -0.25) is 9.59 Å². The molecule has 0 saturated heterocycles. The molecule has 3 aromatic rings. The van der Waals surface area contributed by atoms with Crippen LogP contribution in [0.3, 0.4) is 0 Å². The van der Waals surface area contributed by atoms with Gasteiger partial charge in [-0.2, -0.15) is 0 Å². The van der Waals surface area contributed by atoms with Crippen molar-refractivity contribution in [3.63, 3.8) is 0 Å². The lowest BCUT2D eigenvalue weighted by molar-refractivity contribution is -0.123. The van der Waals surface area contributed by atoms with Crippen LogP contribution < -0.4 is 20.3 Å². The Hall–Kier alpha value is -3.28. The van der Waals surface area contributed by atoms with Gasteiger partial charge in [0.1, 0.15) is 0 Å². The molecule has 2 N–H and O–H groups in total. The number of methoxy groups -OCH3 is 1. The highest BCUT2D eigenvalue weighted by Crippen LogP contribution is 2.25. The molecule has 1 heterocycles. The van der Waals surface area contributed by atoms with Crippen molar-refractivity contribution >= 4 is 16.8 Å². The molecule has 0 fully saturated rings. The zero-order valence-electron chi connectivity index (χ0n) is 14.5. The third-order valence-corrected chi connectivity index (χ3v) is 3.97. The molecule has 0 spiro atoms. The minimum absolute atomic E-state index is 0.117. The quantitative estimate of drug-likeness (QED) is 0.684. The van der Waals surface area contributed by atoms with Crippen molar-refractivity contribution in [2.24, 2.45) is 0 Å². The number of benzene rings is 2. The molecule has 0 aliphatic rings. The fourth-order valence-electron chi connectivity index (χ4n) is 2.65. The summed E-state index contributed by atoms with van der Waals surface area (Å²) in [5.74, 6) is 0.826. The number of ether oxygens (including phenoxy) is 2. The maximum Gasteiger partial charge on any atom is 0.257 e. The number of H-pyrrole nitrogens is 1. The second-order valence-corrected chi connectivity index (χ2v) is 5.75. The summed E-state index contributed by atoms with van der Waals surface area (Å²) in [6, 6.07) is 16.6. The first-order valence-corrected chi connectivity index (χ1v) is 8.31. The Bertz CT molecular complexity index is 965. The van der Waals surface area contributed by atoms with Crippen LogP contribution in [0.4, 0.5) is 0 Å². The lowest BCUT2D eigenvalue weighted by atomic mass is 10.1. The van der Waals surface area contributed by atoms with Gasteiger partial charge >= 0.3 is 0 Å². The van der Waals surface area contributed by atoms with Crippen LogP contribution in [-0.4, -0.2) is 31.2 Å². The largest absolute Gasteiger partial charge is 0.493 e. The van der Waals surface area contributed by atoms with Crippen LogP contribution in [0.25, 0.3) is 10.9 Å². The number of para-hydroxylation sites is 3. The summed E-state index contributed by atoms with van der Waals surface area (Å²) in [5.41, 5.74) is 1.30. The van der Waals surface area contributed by atoms with Crippen molar-refractivity contribution in [1.82, 2.24) is 10.3 Å². The van der Waals surface area contributed by atoms with E-state index in [0.717, 1.165) is 10.9 Å². The molecule has 134 valence electrons. The van der Waals surface area contributed by atoms with Crippen molar-refractivity contribution in [2.75, 3.05) is 20.3 Å². The van der Waals surface area contributed by atoms with E-state index in [1.807, 2.05) is 42.5 Å². The molecule has 0 bridgehead atoms. The smallest absolute Gasteiger partial charge is 0.257 e. The summed E-state index contributed by atoms with van der Waals surface area (Å²) in [7, 11) is 1.54. The Morgan fingerprint density at radius 3 is 2.62 bits per heavy atom. The molecule has 26 heavy (non-hydrogen) atoms. The monoisotopic (exact) mass is 352 g/mol. The molecule has 2 aromatic carbocycles. The molecule has 6 nitrogen and oxygen atoms in total. The number of carbonyl (C=O) groups is 1. The zero-order chi connectivity index (χ0) is 18.4.